The fraction of sp³-hybridized carbons (Fsp3) is 0.545. The molecule has 0 bridgehead atoms. The highest BCUT2D eigenvalue weighted by Crippen LogP contribution is 2.23. The number of aliphatic carboxylic acids is 1. The third-order valence-corrected chi connectivity index (χ3v) is 2.84. The van der Waals surface area contributed by atoms with E-state index in [1.165, 1.54) is 0 Å². The van der Waals surface area contributed by atoms with Gasteiger partial charge in [-0.1, -0.05) is 0 Å². The Morgan fingerprint density at radius 3 is 2.52 bits per heavy atom. The number of nitrogens with one attached hydrogen (secondary N) is 1. The number of aliphatic hydroxyl groups is 3. The summed E-state index contributed by atoms with van der Waals surface area (Å²) >= 11 is 0. The smallest absolute Gasteiger partial charge is 0.405 e. The van der Waals surface area contributed by atoms with Crippen molar-refractivity contribution in [3.05, 3.63) is 11.8 Å². The summed E-state index contributed by atoms with van der Waals surface area (Å²) in [5.74, 6) is -2.23. The average Bonchev–Trinajstić information content (AvgIpc) is 2.39. The van der Waals surface area contributed by atoms with Gasteiger partial charge in [0.25, 0.3) is 0 Å². The molecular weight excluding hydrogens is 288 g/mol. The molecule has 0 saturated heterocycles. The number of hydrogen-bond acceptors (Lipinski definition) is 7. The van der Waals surface area contributed by atoms with Gasteiger partial charge < -0.3 is 35.6 Å². The molecule has 1 heterocycles. The molecule has 0 aromatic carbocycles. The van der Waals surface area contributed by atoms with Crippen molar-refractivity contribution in [1.29, 1.82) is 5.26 Å². The van der Waals surface area contributed by atoms with E-state index < -0.39 is 54.7 Å². The molecule has 0 fully saturated rings. The molecule has 0 aromatic heterocycles. The first kappa shape index (κ1) is 16.7. The number of amides is 1. The Bertz CT molecular complexity index is 485. The van der Waals surface area contributed by atoms with E-state index in [0.29, 0.717) is 0 Å². The lowest BCUT2D eigenvalue weighted by molar-refractivity contribution is -0.146. The first-order valence-electron chi connectivity index (χ1n) is 5.80. The Morgan fingerprint density at radius 1 is 1.43 bits per heavy atom. The SMILES string of the molecule is N#CC[C@H](O)[C@H](O)[C@@H]1OC(C(=O)O)=C[C@H](O)[C@H]1NC(=O)O. The quantitative estimate of drug-likeness (QED) is 0.334. The van der Waals surface area contributed by atoms with Crippen LogP contribution in [-0.4, -0.2) is 68.1 Å². The minimum absolute atomic E-state index is 0.483. The van der Waals surface area contributed by atoms with Crippen molar-refractivity contribution in [2.75, 3.05) is 0 Å². The van der Waals surface area contributed by atoms with Gasteiger partial charge in [-0.15, -0.1) is 0 Å². The maximum atomic E-state index is 10.9. The molecule has 5 atom stereocenters. The van der Waals surface area contributed by atoms with Crippen LogP contribution in [0.4, 0.5) is 4.79 Å². The predicted molar refractivity (Wildman–Crippen MR) is 63.8 cm³/mol. The second-order valence-corrected chi connectivity index (χ2v) is 4.30. The van der Waals surface area contributed by atoms with Crippen LogP contribution in [0, 0.1) is 11.3 Å². The maximum absolute atomic E-state index is 10.9. The van der Waals surface area contributed by atoms with E-state index in [-0.39, 0.29) is 0 Å². The molecule has 10 nitrogen and oxygen atoms in total. The minimum atomic E-state index is -1.78. The molecule has 1 aliphatic rings. The van der Waals surface area contributed by atoms with Crippen LogP contribution in [0.25, 0.3) is 0 Å². The molecule has 0 aliphatic carbocycles. The van der Waals surface area contributed by atoms with E-state index >= 15 is 0 Å². The fourth-order valence-electron chi connectivity index (χ4n) is 1.86. The number of rotatable bonds is 5. The average molecular weight is 302 g/mol. The highest BCUT2D eigenvalue weighted by molar-refractivity contribution is 5.84. The zero-order valence-electron chi connectivity index (χ0n) is 10.6. The highest BCUT2D eigenvalue weighted by atomic mass is 16.5. The normalized spacial score (nSPS) is 27.5. The van der Waals surface area contributed by atoms with E-state index in [1.807, 2.05) is 5.32 Å². The van der Waals surface area contributed by atoms with E-state index in [0.717, 1.165) is 6.08 Å². The van der Waals surface area contributed by atoms with Gasteiger partial charge in [-0.2, -0.15) is 5.26 Å². The van der Waals surface area contributed by atoms with Crippen LogP contribution in [0.1, 0.15) is 6.42 Å². The van der Waals surface area contributed by atoms with Gasteiger partial charge >= 0.3 is 12.1 Å². The maximum Gasteiger partial charge on any atom is 0.405 e. The molecule has 0 aromatic rings. The Labute approximate surface area is 118 Å². The number of carboxylic acid groups (broad SMARTS) is 2. The van der Waals surface area contributed by atoms with E-state index in [4.69, 9.17) is 20.2 Å². The fourth-order valence-corrected chi connectivity index (χ4v) is 1.86. The summed E-state index contributed by atoms with van der Waals surface area (Å²) in [6.07, 6.45) is -7.80. The van der Waals surface area contributed by atoms with Crippen molar-refractivity contribution in [1.82, 2.24) is 5.32 Å². The molecule has 10 heteroatoms. The highest BCUT2D eigenvalue weighted by Gasteiger charge is 2.43. The zero-order valence-corrected chi connectivity index (χ0v) is 10.6. The molecule has 0 unspecified atom stereocenters. The van der Waals surface area contributed by atoms with Crippen molar-refractivity contribution in [3.8, 4) is 6.07 Å². The molecule has 1 rings (SSSR count). The van der Waals surface area contributed by atoms with Crippen molar-refractivity contribution in [2.24, 2.45) is 0 Å². The number of carbonyl (C=O) groups is 2. The Kier molecular flexibility index (Phi) is 5.48. The summed E-state index contributed by atoms with van der Waals surface area (Å²) in [7, 11) is 0. The van der Waals surface area contributed by atoms with Gasteiger partial charge in [-0.25, -0.2) is 9.59 Å². The first-order chi connectivity index (χ1) is 9.77. The third kappa shape index (κ3) is 4.06. The summed E-state index contributed by atoms with van der Waals surface area (Å²) < 4.78 is 4.92. The summed E-state index contributed by atoms with van der Waals surface area (Å²) in [6.45, 7) is 0. The molecule has 21 heavy (non-hydrogen) atoms. The van der Waals surface area contributed by atoms with Gasteiger partial charge in [0.1, 0.15) is 18.2 Å². The van der Waals surface area contributed by atoms with Gasteiger partial charge in [0.2, 0.25) is 5.76 Å². The molecule has 0 saturated carbocycles. The largest absolute Gasteiger partial charge is 0.478 e. The Morgan fingerprint density at radius 2 is 2.05 bits per heavy atom. The summed E-state index contributed by atoms with van der Waals surface area (Å²) in [4.78, 5) is 21.5. The van der Waals surface area contributed by atoms with Crippen LogP contribution in [0.2, 0.25) is 0 Å². The molecule has 1 aliphatic heterocycles. The van der Waals surface area contributed by atoms with Crippen molar-refractivity contribution in [2.45, 2.75) is 36.9 Å². The van der Waals surface area contributed by atoms with Crippen LogP contribution >= 0.6 is 0 Å². The van der Waals surface area contributed by atoms with Crippen LogP contribution < -0.4 is 5.32 Å². The molecule has 116 valence electrons. The molecule has 6 N–H and O–H groups in total. The van der Waals surface area contributed by atoms with Gasteiger partial charge in [0.05, 0.1) is 18.6 Å². The lowest BCUT2D eigenvalue weighted by Crippen LogP contribution is -2.59. The van der Waals surface area contributed by atoms with Gasteiger partial charge in [-0.3, -0.25) is 0 Å². The van der Waals surface area contributed by atoms with Gasteiger partial charge in [0, 0.05) is 0 Å². The topological polar surface area (TPSA) is 180 Å². The number of hydrogen-bond donors (Lipinski definition) is 6. The molecule has 0 radical (unpaired) electrons. The summed E-state index contributed by atoms with van der Waals surface area (Å²) in [5, 5.41) is 57.1. The molecule has 1 amide bonds. The number of nitriles is 1. The Hall–Kier alpha value is -2.35. The van der Waals surface area contributed by atoms with Crippen LogP contribution in [0.3, 0.4) is 0 Å². The minimum Gasteiger partial charge on any atom is -0.478 e. The van der Waals surface area contributed by atoms with Crippen molar-refractivity contribution in [3.63, 3.8) is 0 Å². The second-order valence-electron chi connectivity index (χ2n) is 4.30. The standard InChI is InChI=1S/C11H14N2O8/c12-2-1-4(14)8(16)9-7(13-11(19)20)5(15)3-6(21-9)10(17)18/h3-5,7-9,13-16H,1H2,(H,17,18)(H,19,20)/t4-,5-,7+,8-,9+/m0/s1. The van der Waals surface area contributed by atoms with E-state index in [9.17, 15) is 24.9 Å². The van der Waals surface area contributed by atoms with Gasteiger partial charge in [-0.05, 0) is 6.08 Å². The summed E-state index contributed by atoms with van der Waals surface area (Å²) in [6, 6.07) is 0.184. The van der Waals surface area contributed by atoms with Gasteiger partial charge in [0.15, 0.2) is 6.10 Å². The second kappa shape index (κ2) is 6.89. The lowest BCUT2D eigenvalue weighted by Gasteiger charge is -2.37. The summed E-state index contributed by atoms with van der Waals surface area (Å²) in [5.41, 5.74) is 0. The van der Waals surface area contributed by atoms with Crippen molar-refractivity contribution >= 4 is 12.1 Å². The first-order valence-corrected chi connectivity index (χ1v) is 5.80. The number of ether oxygens (including phenoxy) is 1. The van der Waals surface area contributed by atoms with Crippen LogP contribution in [0.15, 0.2) is 11.8 Å². The van der Waals surface area contributed by atoms with Crippen molar-refractivity contribution < 1.29 is 39.9 Å². The predicted octanol–water partition coefficient (Wildman–Crippen LogP) is -2.01. The van der Waals surface area contributed by atoms with Crippen LogP contribution in [-0.2, 0) is 9.53 Å². The third-order valence-electron chi connectivity index (χ3n) is 2.84. The number of aliphatic hydroxyl groups excluding tert-OH is 3. The number of nitrogens with zero attached hydrogens (tertiary/aromatic N) is 1. The molecular formula is C11H14N2O8. The lowest BCUT2D eigenvalue weighted by atomic mass is 9.93. The number of carboxylic acids is 1. The molecule has 0 spiro atoms. The zero-order chi connectivity index (χ0) is 16.2. The Balaban J connectivity index is 3.04. The van der Waals surface area contributed by atoms with E-state index in [2.05, 4.69) is 0 Å². The van der Waals surface area contributed by atoms with Crippen LogP contribution in [0.5, 0.6) is 0 Å². The van der Waals surface area contributed by atoms with E-state index in [1.54, 1.807) is 6.07 Å². The monoisotopic (exact) mass is 302 g/mol.